The first-order chi connectivity index (χ1) is 4.22. The van der Waals surface area contributed by atoms with Gasteiger partial charge >= 0.3 is 0 Å². The summed E-state index contributed by atoms with van der Waals surface area (Å²) < 4.78 is 4.90. The van der Waals surface area contributed by atoms with Crippen molar-refractivity contribution in [2.75, 3.05) is 7.11 Å². The summed E-state index contributed by atoms with van der Waals surface area (Å²) in [5.41, 5.74) is 0. The Bertz CT molecular complexity index is 88.9. The van der Waals surface area contributed by atoms with E-state index in [1.54, 1.807) is 14.0 Å². The quantitative estimate of drug-likeness (QED) is 0.574. The molecule has 0 spiro atoms. The van der Waals surface area contributed by atoms with E-state index in [0.717, 1.165) is 12.8 Å². The fraction of sp³-hybridized carbons (Fsp3) is 0.857. The van der Waals surface area contributed by atoms with Crippen molar-refractivity contribution in [2.45, 2.75) is 32.8 Å². The van der Waals surface area contributed by atoms with Gasteiger partial charge in [-0.25, -0.2) is 0 Å². The van der Waals surface area contributed by atoms with Crippen LogP contribution >= 0.6 is 0 Å². The standard InChI is InChI=1S/C7H14O2/c1-4-5-7(9-3)6(2)8/h7H,4-5H2,1-3H3. The van der Waals surface area contributed by atoms with Crippen LogP contribution in [0.1, 0.15) is 26.7 Å². The van der Waals surface area contributed by atoms with Gasteiger partial charge in [-0.3, -0.25) is 4.79 Å². The number of hydrogen-bond donors (Lipinski definition) is 0. The summed E-state index contributed by atoms with van der Waals surface area (Å²) >= 11 is 0. The average Bonchev–Trinajstić information content (AvgIpc) is 1.82. The highest BCUT2D eigenvalue weighted by atomic mass is 16.5. The molecule has 0 aliphatic rings. The van der Waals surface area contributed by atoms with Gasteiger partial charge in [-0.1, -0.05) is 13.3 Å². The van der Waals surface area contributed by atoms with Crippen molar-refractivity contribution in [2.24, 2.45) is 0 Å². The maximum absolute atomic E-state index is 10.6. The number of ether oxygens (including phenoxy) is 1. The van der Waals surface area contributed by atoms with Gasteiger partial charge in [0.2, 0.25) is 0 Å². The van der Waals surface area contributed by atoms with Crippen LogP contribution in [0.2, 0.25) is 0 Å². The normalized spacial score (nSPS) is 13.2. The van der Waals surface area contributed by atoms with E-state index < -0.39 is 0 Å². The predicted octanol–water partition coefficient (Wildman–Crippen LogP) is 1.39. The summed E-state index contributed by atoms with van der Waals surface area (Å²) in [6.07, 6.45) is 1.67. The predicted molar refractivity (Wildman–Crippen MR) is 36.4 cm³/mol. The van der Waals surface area contributed by atoms with Crippen molar-refractivity contribution < 1.29 is 9.53 Å². The van der Waals surface area contributed by atoms with E-state index in [4.69, 9.17) is 4.74 Å². The maximum Gasteiger partial charge on any atom is 0.158 e. The molecule has 0 saturated carbocycles. The van der Waals surface area contributed by atoms with Crippen molar-refractivity contribution >= 4 is 5.78 Å². The van der Waals surface area contributed by atoms with Crippen molar-refractivity contribution in [1.82, 2.24) is 0 Å². The minimum atomic E-state index is -0.171. The Morgan fingerprint density at radius 1 is 1.67 bits per heavy atom. The lowest BCUT2D eigenvalue weighted by Crippen LogP contribution is -2.19. The minimum absolute atomic E-state index is 0.124. The van der Waals surface area contributed by atoms with Gasteiger partial charge in [0, 0.05) is 7.11 Å². The van der Waals surface area contributed by atoms with Gasteiger partial charge in [-0.2, -0.15) is 0 Å². The Morgan fingerprint density at radius 3 is 2.33 bits per heavy atom. The van der Waals surface area contributed by atoms with Crippen LogP contribution in [-0.2, 0) is 9.53 Å². The van der Waals surface area contributed by atoms with Crippen molar-refractivity contribution in [1.29, 1.82) is 0 Å². The number of carbonyl (C=O) groups is 1. The molecule has 0 rings (SSSR count). The molecule has 0 aliphatic carbocycles. The van der Waals surface area contributed by atoms with Gasteiger partial charge in [-0.05, 0) is 13.3 Å². The summed E-state index contributed by atoms with van der Waals surface area (Å²) in [6, 6.07) is 0. The van der Waals surface area contributed by atoms with Gasteiger partial charge in [0.05, 0.1) is 0 Å². The Labute approximate surface area is 56.2 Å². The van der Waals surface area contributed by atoms with Crippen LogP contribution in [0.25, 0.3) is 0 Å². The second kappa shape index (κ2) is 4.50. The van der Waals surface area contributed by atoms with Crippen molar-refractivity contribution in [3.8, 4) is 0 Å². The molecule has 0 fully saturated rings. The minimum Gasteiger partial charge on any atom is -0.374 e. The molecule has 0 heterocycles. The third-order valence-corrected chi connectivity index (χ3v) is 1.29. The smallest absolute Gasteiger partial charge is 0.158 e. The number of methoxy groups -OCH3 is 1. The summed E-state index contributed by atoms with van der Waals surface area (Å²) in [4.78, 5) is 10.6. The SMILES string of the molecule is CCCC(OC)C(C)=O. The fourth-order valence-electron chi connectivity index (χ4n) is 0.749. The molecule has 0 aliphatic heterocycles. The highest BCUT2D eigenvalue weighted by Crippen LogP contribution is 2.00. The number of Topliss-reactive ketones (excluding diaryl/α,β-unsaturated/α-hetero) is 1. The highest BCUT2D eigenvalue weighted by Gasteiger charge is 2.09. The average molecular weight is 130 g/mol. The molecule has 0 aromatic heterocycles. The third kappa shape index (κ3) is 3.25. The summed E-state index contributed by atoms with van der Waals surface area (Å²) in [7, 11) is 1.57. The van der Waals surface area contributed by atoms with Gasteiger partial charge in [-0.15, -0.1) is 0 Å². The lowest BCUT2D eigenvalue weighted by molar-refractivity contribution is -0.126. The first kappa shape index (κ1) is 8.63. The van der Waals surface area contributed by atoms with Crippen molar-refractivity contribution in [3.63, 3.8) is 0 Å². The molecule has 0 bridgehead atoms. The molecule has 1 atom stereocenters. The first-order valence-corrected chi connectivity index (χ1v) is 3.25. The molecule has 0 radical (unpaired) electrons. The van der Waals surface area contributed by atoms with Crippen LogP contribution in [0.5, 0.6) is 0 Å². The largest absolute Gasteiger partial charge is 0.374 e. The molecule has 0 amide bonds. The molecular formula is C7H14O2. The van der Waals surface area contributed by atoms with E-state index in [0.29, 0.717) is 0 Å². The Hall–Kier alpha value is -0.370. The molecule has 0 saturated heterocycles. The second-order valence-corrected chi connectivity index (χ2v) is 2.12. The van der Waals surface area contributed by atoms with E-state index in [9.17, 15) is 4.79 Å². The van der Waals surface area contributed by atoms with E-state index in [1.807, 2.05) is 6.92 Å². The van der Waals surface area contributed by atoms with Gasteiger partial charge in [0.1, 0.15) is 6.10 Å². The fourth-order valence-corrected chi connectivity index (χ4v) is 0.749. The topological polar surface area (TPSA) is 26.3 Å². The molecule has 1 unspecified atom stereocenters. The zero-order valence-electron chi connectivity index (χ0n) is 6.31. The van der Waals surface area contributed by atoms with Crippen LogP contribution in [0, 0.1) is 0 Å². The zero-order chi connectivity index (χ0) is 7.28. The maximum atomic E-state index is 10.6. The molecule has 2 heteroatoms. The van der Waals surface area contributed by atoms with Crippen LogP contribution in [0.4, 0.5) is 0 Å². The van der Waals surface area contributed by atoms with Crippen LogP contribution in [-0.4, -0.2) is 19.0 Å². The zero-order valence-corrected chi connectivity index (χ0v) is 6.31. The van der Waals surface area contributed by atoms with Crippen LogP contribution < -0.4 is 0 Å². The molecular weight excluding hydrogens is 116 g/mol. The summed E-state index contributed by atoms with van der Waals surface area (Å²) in [6.45, 7) is 3.60. The molecule has 54 valence electrons. The molecule has 0 N–H and O–H groups in total. The Morgan fingerprint density at radius 2 is 2.22 bits per heavy atom. The third-order valence-electron chi connectivity index (χ3n) is 1.29. The highest BCUT2D eigenvalue weighted by molar-refractivity contribution is 5.80. The monoisotopic (exact) mass is 130 g/mol. The number of rotatable bonds is 4. The van der Waals surface area contributed by atoms with Crippen LogP contribution in [0.3, 0.4) is 0 Å². The molecule has 0 aromatic rings. The second-order valence-electron chi connectivity index (χ2n) is 2.12. The molecule has 2 nitrogen and oxygen atoms in total. The van der Waals surface area contributed by atoms with Gasteiger partial charge in [0.25, 0.3) is 0 Å². The molecule has 9 heavy (non-hydrogen) atoms. The number of ketones is 1. The van der Waals surface area contributed by atoms with E-state index in [2.05, 4.69) is 0 Å². The lowest BCUT2D eigenvalue weighted by Gasteiger charge is -2.08. The number of hydrogen-bond acceptors (Lipinski definition) is 2. The number of carbonyl (C=O) groups excluding carboxylic acids is 1. The van der Waals surface area contributed by atoms with Gasteiger partial charge < -0.3 is 4.74 Å². The Balaban J connectivity index is 3.54. The van der Waals surface area contributed by atoms with Crippen LogP contribution in [0.15, 0.2) is 0 Å². The van der Waals surface area contributed by atoms with Gasteiger partial charge in [0.15, 0.2) is 5.78 Å². The lowest BCUT2D eigenvalue weighted by atomic mass is 10.1. The molecule has 0 aromatic carbocycles. The summed E-state index contributed by atoms with van der Waals surface area (Å²) in [5.74, 6) is 0.124. The summed E-state index contributed by atoms with van der Waals surface area (Å²) in [5, 5.41) is 0. The Kier molecular flexibility index (Phi) is 4.32. The van der Waals surface area contributed by atoms with Crippen molar-refractivity contribution in [3.05, 3.63) is 0 Å². The van der Waals surface area contributed by atoms with E-state index in [-0.39, 0.29) is 11.9 Å². The van der Waals surface area contributed by atoms with E-state index >= 15 is 0 Å². The first-order valence-electron chi connectivity index (χ1n) is 3.25. The van der Waals surface area contributed by atoms with E-state index in [1.165, 1.54) is 0 Å².